The zero-order chi connectivity index (χ0) is 14.8. The summed E-state index contributed by atoms with van der Waals surface area (Å²) in [6, 6.07) is 9.45. The van der Waals surface area contributed by atoms with E-state index in [0.29, 0.717) is 5.75 Å². The van der Waals surface area contributed by atoms with E-state index in [4.69, 9.17) is 16.3 Å². The number of methoxy groups -OCH3 is 1. The van der Waals surface area contributed by atoms with Crippen molar-refractivity contribution in [1.29, 1.82) is 0 Å². The highest BCUT2D eigenvalue weighted by Crippen LogP contribution is 2.22. The van der Waals surface area contributed by atoms with Crippen molar-refractivity contribution in [3.8, 4) is 5.75 Å². The fraction of sp³-hybridized carbons (Fsp3) is 0.154. The molecule has 0 aliphatic heterocycles. The quantitative estimate of drug-likeness (QED) is 0.881. The summed E-state index contributed by atoms with van der Waals surface area (Å²) in [5.74, 6) is 0.529. The number of anilines is 1. The van der Waals surface area contributed by atoms with Crippen LogP contribution in [0, 0.1) is 6.92 Å². The first-order valence-electron chi connectivity index (χ1n) is 5.72. The van der Waals surface area contributed by atoms with Crippen molar-refractivity contribution in [2.45, 2.75) is 11.8 Å². The van der Waals surface area contributed by atoms with Crippen LogP contribution in [0.5, 0.6) is 5.75 Å². The monoisotopic (exact) mass is 312 g/mol. The van der Waals surface area contributed by atoms with Gasteiger partial charge in [-0.25, -0.2) is 13.4 Å². The summed E-state index contributed by atoms with van der Waals surface area (Å²) in [5.41, 5.74) is 0.978. The summed E-state index contributed by atoms with van der Waals surface area (Å²) in [6.45, 7) is 1.88. The Morgan fingerprint density at radius 2 is 1.85 bits per heavy atom. The Kier molecular flexibility index (Phi) is 4.15. The predicted molar refractivity (Wildman–Crippen MR) is 77.8 cm³/mol. The van der Waals surface area contributed by atoms with Crippen LogP contribution >= 0.6 is 11.6 Å². The topological polar surface area (TPSA) is 68.3 Å². The Morgan fingerprint density at radius 1 is 1.20 bits per heavy atom. The third kappa shape index (κ3) is 3.40. The average Bonchev–Trinajstić information content (AvgIpc) is 2.37. The summed E-state index contributed by atoms with van der Waals surface area (Å²) in [4.78, 5) is 4.06. The van der Waals surface area contributed by atoms with E-state index in [1.54, 1.807) is 12.1 Å². The van der Waals surface area contributed by atoms with E-state index in [1.165, 1.54) is 31.4 Å². The molecule has 0 saturated heterocycles. The smallest absolute Gasteiger partial charge is 0.263 e. The Labute approximate surface area is 122 Å². The molecule has 2 rings (SSSR count). The first-order valence-corrected chi connectivity index (χ1v) is 7.58. The van der Waals surface area contributed by atoms with Crippen molar-refractivity contribution in [2.75, 3.05) is 11.8 Å². The van der Waals surface area contributed by atoms with Crippen molar-refractivity contribution in [3.05, 3.63) is 47.1 Å². The highest BCUT2D eigenvalue weighted by molar-refractivity contribution is 7.92. The van der Waals surface area contributed by atoms with Crippen LogP contribution in [-0.4, -0.2) is 20.5 Å². The normalized spacial score (nSPS) is 11.2. The Balaban J connectivity index is 2.33. The molecule has 0 fully saturated rings. The molecule has 1 heterocycles. The number of nitrogens with one attached hydrogen (secondary N) is 1. The van der Waals surface area contributed by atoms with Gasteiger partial charge in [-0.15, -0.1) is 0 Å². The average molecular weight is 313 g/mol. The molecular formula is C13H13ClN2O3S. The molecule has 0 aliphatic carbocycles. The number of rotatable bonds is 4. The van der Waals surface area contributed by atoms with E-state index in [1.807, 2.05) is 6.92 Å². The summed E-state index contributed by atoms with van der Waals surface area (Å²) in [6.07, 6.45) is 0. The van der Waals surface area contributed by atoms with Gasteiger partial charge in [-0.05, 0) is 19.1 Å². The van der Waals surface area contributed by atoms with Crippen molar-refractivity contribution >= 4 is 27.4 Å². The zero-order valence-corrected chi connectivity index (χ0v) is 12.5. The van der Waals surface area contributed by atoms with E-state index >= 15 is 0 Å². The largest absolute Gasteiger partial charge is 0.497 e. The highest BCUT2D eigenvalue weighted by atomic mass is 35.5. The first kappa shape index (κ1) is 14.6. The molecule has 0 spiro atoms. The molecule has 1 aromatic heterocycles. The van der Waals surface area contributed by atoms with Gasteiger partial charge in [-0.3, -0.25) is 4.72 Å². The molecule has 2 aromatic rings. The minimum Gasteiger partial charge on any atom is -0.497 e. The Morgan fingerprint density at radius 3 is 2.45 bits per heavy atom. The molecule has 0 unspecified atom stereocenters. The fourth-order valence-corrected chi connectivity index (χ4v) is 2.75. The molecule has 0 amide bonds. The predicted octanol–water partition coefficient (Wildman–Crippen LogP) is 2.85. The molecule has 0 bridgehead atoms. The lowest BCUT2D eigenvalue weighted by molar-refractivity contribution is 0.414. The van der Waals surface area contributed by atoms with Gasteiger partial charge in [-0.2, -0.15) is 0 Å². The van der Waals surface area contributed by atoms with Gasteiger partial charge in [0.2, 0.25) is 0 Å². The minimum absolute atomic E-state index is 0.106. The van der Waals surface area contributed by atoms with Crippen LogP contribution in [0.15, 0.2) is 41.3 Å². The number of pyridine rings is 1. The van der Waals surface area contributed by atoms with Crippen LogP contribution in [0.2, 0.25) is 5.15 Å². The maximum atomic E-state index is 12.2. The molecule has 1 aromatic carbocycles. The van der Waals surface area contributed by atoms with Gasteiger partial charge in [0.1, 0.15) is 16.7 Å². The minimum atomic E-state index is -3.70. The van der Waals surface area contributed by atoms with Gasteiger partial charge in [0.25, 0.3) is 10.0 Å². The van der Waals surface area contributed by atoms with Gasteiger partial charge < -0.3 is 4.74 Å². The molecule has 20 heavy (non-hydrogen) atoms. The molecule has 0 atom stereocenters. The molecule has 1 N–H and O–H groups in total. The van der Waals surface area contributed by atoms with Gasteiger partial charge in [0.05, 0.1) is 12.0 Å². The van der Waals surface area contributed by atoms with Crippen molar-refractivity contribution < 1.29 is 13.2 Å². The molecule has 0 aliphatic rings. The molecule has 106 valence electrons. The Hall–Kier alpha value is -1.79. The van der Waals surface area contributed by atoms with E-state index in [9.17, 15) is 8.42 Å². The van der Waals surface area contributed by atoms with Crippen LogP contribution in [0.25, 0.3) is 0 Å². The molecule has 5 nitrogen and oxygen atoms in total. The zero-order valence-electron chi connectivity index (χ0n) is 10.9. The SMILES string of the molecule is COc1cc(Cl)nc(NS(=O)(=O)c2ccc(C)cc2)c1. The summed E-state index contributed by atoms with van der Waals surface area (Å²) < 4.78 is 31.8. The molecule has 7 heteroatoms. The number of aryl methyl sites for hydroxylation is 1. The number of halogens is 1. The second-order valence-electron chi connectivity index (χ2n) is 4.13. The van der Waals surface area contributed by atoms with Crippen LogP contribution in [0.1, 0.15) is 5.56 Å². The summed E-state index contributed by atoms with van der Waals surface area (Å²) in [5, 5.41) is 0.144. The molecular weight excluding hydrogens is 300 g/mol. The van der Waals surface area contributed by atoms with Gasteiger partial charge in [0, 0.05) is 12.1 Å². The van der Waals surface area contributed by atoms with Gasteiger partial charge >= 0.3 is 0 Å². The maximum Gasteiger partial charge on any atom is 0.263 e. The van der Waals surface area contributed by atoms with Crippen molar-refractivity contribution in [1.82, 2.24) is 4.98 Å². The van der Waals surface area contributed by atoms with E-state index < -0.39 is 10.0 Å². The van der Waals surface area contributed by atoms with Crippen LogP contribution < -0.4 is 9.46 Å². The number of ether oxygens (including phenoxy) is 1. The van der Waals surface area contributed by atoms with E-state index in [0.717, 1.165) is 5.56 Å². The van der Waals surface area contributed by atoms with Crippen molar-refractivity contribution in [3.63, 3.8) is 0 Å². The fourth-order valence-electron chi connectivity index (χ4n) is 1.56. The second-order valence-corrected chi connectivity index (χ2v) is 6.20. The number of hydrogen-bond acceptors (Lipinski definition) is 4. The molecule has 0 saturated carbocycles. The lowest BCUT2D eigenvalue weighted by Gasteiger charge is -2.09. The van der Waals surface area contributed by atoms with E-state index in [2.05, 4.69) is 9.71 Å². The maximum absolute atomic E-state index is 12.2. The number of nitrogens with zero attached hydrogens (tertiary/aromatic N) is 1. The summed E-state index contributed by atoms with van der Waals surface area (Å²) in [7, 11) is -2.24. The lowest BCUT2D eigenvalue weighted by atomic mass is 10.2. The number of benzene rings is 1. The van der Waals surface area contributed by atoms with Gasteiger partial charge in [-0.1, -0.05) is 29.3 Å². The van der Waals surface area contributed by atoms with Crippen LogP contribution in [0.4, 0.5) is 5.82 Å². The Bertz CT molecular complexity index is 715. The standard InChI is InChI=1S/C13H13ClN2O3S/c1-9-3-5-11(6-4-9)20(17,18)16-13-8-10(19-2)7-12(14)15-13/h3-8H,1-2H3,(H,15,16). The highest BCUT2D eigenvalue weighted by Gasteiger charge is 2.15. The number of hydrogen-bond donors (Lipinski definition) is 1. The van der Waals surface area contributed by atoms with Crippen molar-refractivity contribution in [2.24, 2.45) is 0 Å². The first-order chi connectivity index (χ1) is 9.40. The number of sulfonamides is 1. The lowest BCUT2D eigenvalue weighted by Crippen LogP contribution is -2.14. The van der Waals surface area contributed by atoms with Gasteiger partial charge in [0.15, 0.2) is 0 Å². The molecule has 0 radical (unpaired) electrons. The number of aromatic nitrogens is 1. The van der Waals surface area contributed by atoms with Crippen LogP contribution in [0.3, 0.4) is 0 Å². The van der Waals surface area contributed by atoms with Crippen LogP contribution in [-0.2, 0) is 10.0 Å². The third-order valence-electron chi connectivity index (χ3n) is 2.57. The third-order valence-corrected chi connectivity index (χ3v) is 4.14. The summed E-state index contributed by atoms with van der Waals surface area (Å²) >= 11 is 5.80. The van der Waals surface area contributed by atoms with E-state index in [-0.39, 0.29) is 15.9 Å². The second kappa shape index (κ2) is 5.68.